The summed E-state index contributed by atoms with van der Waals surface area (Å²) in [4.78, 5) is 39.2. The van der Waals surface area contributed by atoms with Gasteiger partial charge in [-0.05, 0) is 49.1 Å². The van der Waals surface area contributed by atoms with Crippen LogP contribution in [0.5, 0.6) is 0 Å². The number of nitrogens with one attached hydrogen (secondary N) is 2. The largest absolute Gasteiger partial charge is 0.375 e. The highest BCUT2D eigenvalue weighted by Gasteiger charge is 2.41. The van der Waals surface area contributed by atoms with Crippen LogP contribution in [0.3, 0.4) is 0 Å². The van der Waals surface area contributed by atoms with Gasteiger partial charge in [0.2, 0.25) is 0 Å². The van der Waals surface area contributed by atoms with Crippen molar-refractivity contribution in [1.82, 2.24) is 10.2 Å². The van der Waals surface area contributed by atoms with Crippen LogP contribution in [0.1, 0.15) is 53.6 Å². The molecule has 0 bridgehead atoms. The van der Waals surface area contributed by atoms with Gasteiger partial charge in [-0.2, -0.15) is 0 Å². The Balaban J connectivity index is 1.37. The van der Waals surface area contributed by atoms with E-state index in [1.807, 2.05) is 43.3 Å². The minimum Gasteiger partial charge on any atom is -0.375 e. The summed E-state index contributed by atoms with van der Waals surface area (Å²) in [6.07, 6.45) is 4.84. The Labute approximate surface area is 192 Å². The van der Waals surface area contributed by atoms with Crippen LogP contribution in [-0.4, -0.2) is 28.7 Å². The molecule has 3 amide bonds. The van der Waals surface area contributed by atoms with Crippen LogP contribution in [0.25, 0.3) is 0 Å². The van der Waals surface area contributed by atoms with Crippen LogP contribution in [0.4, 0.5) is 5.69 Å². The summed E-state index contributed by atoms with van der Waals surface area (Å²) in [5, 5.41) is 5.89. The average Bonchev–Trinajstić information content (AvgIpc) is 3.02. The standard InChI is InChI=1S/C25H26ClN3O3/c1-16-7-5-6-10-20(16)28-23(30)18-13-11-17(12-14-18)15-27-22-21(26)24(31)29(25(22)32)19-8-3-2-4-9-19/h5-7,10-14,19,27H,2-4,8-9,15H2,1H3,(H,28,30). The van der Waals surface area contributed by atoms with Gasteiger partial charge in [0.15, 0.2) is 0 Å². The van der Waals surface area contributed by atoms with Crippen molar-refractivity contribution in [3.63, 3.8) is 0 Å². The zero-order valence-electron chi connectivity index (χ0n) is 18.0. The Morgan fingerprint density at radius 3 is 2.38 bits per heavy atom. The summed E-state index contributed by atoms with van der Waals surface area (Å²) in [7, 11) is 0. The van der Waals surface area contributed by atoms with Crippen molar-refractivity contribution < 1.29 is 14.4 Å². The smallest absolute Gasteiger partial charge is 0.278 e. The van der Waals surface area contributed by atoms with Gasteiger partial charge in [0, 0.05) is 23.8 Å². The van der Waals surface area contributed by atoms with Crippen molar-refractivity contribution in [2.24, 2.45) is 0 Å². The molecule has 0 spiro atoms. The van der Waals surface area contributed by atoms with Crippen LogP contribution in [0, 0.1) is 6.92 Å². The lowest BCUT2D eigenvalue weighted by atomic mass is 9.94. The summed E-state index contributed by atoms with van der Waals surface area (Å²) in [6, 6.07) is 14.6. The van der Waals surface area contributed by atoms with Crippen molar-refractivity contribution in [2.75, 3.05) is 5.32 Å². The van der Waals surface area contributed by atoms with E-state index in [9.17, 15) is 14.4 Å². The highest BCUT2D eigenvalue weighted by atomic mass is 35.5. The molecule has 7 heteroatoms. The van der Waals surface area contributed by atoms with E-state index < -0.39 is 5.91 Å². The van der Waals surface area contributed by atoms with Gasteiger partial charge >= 0.3 is 0 Å². The monoisotopic (exact) mass is 451 g/mol. The second kappa shape index (κ2) is 9.57. The molecule has 0 aromatic heterocycles. The van der Waals surface area contributed by atoms with Gasteiger partial charge in [0.05, 0.1) is 0 Å². The molecule has 2 aliphatic rings. The quantitative estimate of drug-likeness (QED) is 0.634. The number of aryl methyl sites for hydroxylation is 1. The molecule has 1 fully saturated rings. The Bertz CT molecular complexity index is 1070. The molecule has 4 rings (SSSR count). The van der Waals surface area contributed by atoms with Crippen molar-refractivity contribution in [1.29, 1.82) is 0 Å². The lowest BCUT2D eigenvalue weighted by Crippen LogP contribution is -2.43. The molecule has 2 aromatic carbocycles. The van der Waals surface area contributed by atoms with E-state index in [0.29, 0.717) is 12.1 Å². The minimum absolute atomic E-state index is 0.0465. The summed E-state index contributed by atoms with van der Waals surface area (Å²) < 4.78 is 0. The number of benzene rings is 2. The fourth-order valence-electron chi connectivity index (χ4n) is 4.22. The fourth-order valence-corrected chi connectivity index (χ4v) is 4.45. The maximum absolute atomic E-state index is 12.8. The van der Waals surface area contributed by atoms with Crippen LogP contribution in [0.2, 0.25) is 0 Å². The van der Waals surface area contributed by atoms with Gasteiger partial charge in [-0.1, -0.05) is 61.2 Å². The van der Waals surface area contributed by atoms with E-state index >= 15 is 0 Å². The first-order valence-corrected chi connectivity index (χ1v) is 11.3. The molecule has 1 saturated carbocycles. The van der Waals surface area contributed by atoms with Gasteiger partial charge in [-0.25, -0.2) is 0 Å². The zero-order valence-corrected chi connectivity index (χ0v) is 18.7. The predicted molar refractivity (Wildman–Crippen MR) is 124 cm³/mol. The number of carbonyl (C=O) groups excluding carboxylic acids is 3. The molecule has 166 valence electrons. The van der Waals surface area contributed by atoms with E-state index in [4.69, 9.17) is 11.6 Å². The van der Waals surface area contributed by atoms with E-state index in [1.54, 1.807) is 12.1 Å². The van der Waals surface area contributed by atoms with Crippen molar-refractivity contribution in [3.8, 4) is 0 Å². The number of anilines is 1. The maximum atomic E-state index is 12.8. The molecule has 0 saturated heterocycles. The summed E-state index contributed by atoms with van der Waals surface area (Å²) in [5.41, 5.74) is 3.32. The van der Waals surface area contributed by atoms with Gasteiger partial charge in [0.1, 0.15) is 10.7 Å². The molecule has 6 nitrogen and oxygen atoms in total. The number of rotatable bonds is 6. The number of halogens is 1. The molecular formula is C25H26ClN3O3. The van der Waals surface area contributed by atoms with E-state index in [-0.39, 0.29) is 28.6 Å². The number of para-hydroxylation sites is 1. The Morgan fingerprint density at radius 1 is 1.00 bits per heavy atom. The number of imide groups is 1. The second-order valence-electron chi connectivity index (χ2n) is 8.28. The van der Waals surface area contributed by atoms with Gasteiger partial charge in [-0.15, -0.1) is 0 Å². The Hall–Kier alpha value is -3.12. The third-order valence-corrected chi connectivity index (χ3v) is 6.43. The Morgan fingerprint density at radius 2 is 1.69 bits per heavy atom. The highest BCUT2D eigenvalue weighted by Crippen LogP contribution is 2.30. The number of hydrogen-bond acceptors (Lipinski definition) is 4. The highest BCUT2D eigenvalue weighted by molar-refractivity contribution is 6.47. The first-order chi connectivity index (χ1) is 15.5. The fraction of sp³-hybridized carbons (Fsp3) is 0.320. The van der Waals surface area contributed by atoms with Crippen molar-refractivity contribution >= 4 is 35.0 Å². The Kier molecular flexibility index (Phi) is 6.61. The average molecular weight is 452 g/mol. The molecule has 1 aliphatic heterocycles. The first-order valence-electron chi connectivity index (χ1n) is 10.9. The molecule has 0 radical (unpaired) electrons. The summed E-state index contributed by atoms with van der Waals surface area (Å²) >= 11 is 6.21. The molecule has 1 heterocycles. The van der Waals surface area contributed by atoms with E-state index in [1.165, 1.54) is 4.90 Å². The zero-order chi connectivity index (χ0) is 22.7. The number of amides is 3. The molecule has 0 atom stereocenters. The normalized spacial score (nSPS) is 17.1. The third kappa shape index (κ3) is 4.55. The first kappa shape index (κ1) is 22.1. The predicted octanol–water partition coefficient (Wildman–Crippen LogP) is 4.49. The van der Waals surface area contributed by atoms with E-state index in [2.05, 4.69) is 10.6 Å². The van der Waals surface area contributed by atoms with Crippen LogP contribution >= 0.6 is 11.6 Å². The lowest BCUT2D eigenvalue weighted by molar-refractivity contribution is -0.140. The van der Waals surface area contributed by atoms with Gasteiger partial charge in [-0.3, -0.25) is 19.3 Å². The third-order valence-electron chi connectivity index (χ3n) is 6.08. The number of carbonyl (C=O) groups is 3. The van der Waals surface area contributed by atoms with Crippen LogP contribution < -0.4 is 10.6 Å². The maximum Gasteiger partial charge on any atom is 0.278 e. The summed E-state index contributed by atoms with van der Waals surface area (Å²) in [5.74, 6) is -0.945. The van der Waals surface area contributed by atoms with Gasteiger partial charge in [0.25, 0.3) is 17.7 Å². The molecule has 2 N–H and O–H groups in total. The van der Waals surface area contributed by atoms with E-state index in [0.717, 1.165) is 48.9 Å². The SMILES string of the molecule is Cc1ccccc1NC(=O)c1ccc(CNC2=C(Cl)C(=O)N(C3CCCCC3)C2=O)cc1. The second-order valence-corrected chi connectivity index (χ2v) is 8.66. The molecule has 2 aromatic rings. The van der Waals surface area contributed by atoms with Gasteiger partial charge < -0.3 is 10.6 Å². The van der Waals surface area contributed by atoms with Crippen molar-refractivity contribution in [2.45, 2.75) is 51.6 Å². The van der Waals surface area contributed by atoms with Crippen LogP contribution in [-0.2, 0) is 16.1 Å². The molecule has 1 aliphatic carbocycles. The molecule has 32 heavy (non-hydrogen) atoms. The number of hydrogen-bond donors (Lipinski definition) is 2. The topological polar surface area (TPSA) is 78.5 Å². The minimum atomic E-state index is -0.408. The number of nitrogens with zero attached hydrogens (tertiary/aromatic N) is 1. The lowest BCUT2D eigenvalue weighted by Gasteiger charge is -2.29. The van der Waals surface area contributed by atoms with Crippen molar-refractivity contribution in [3.05, 3.63) is 76.0 Å². The molecule has 0 unspecified atom stereocenters. The molecular weight excluding hydrogens is 426 g/mol. The van der Waals surface area contributed by atoms with Crippen LogP contribution in [0.15, 0.2) is 59.3 Å². The summed E-state index contributed by atoms with van der Waals surface area (Å²) in [6.45, 7) is 2.26.